The maximum absolute atomic E-state index is 11.8. The molecular weight excluding hydrogens is 304 g/mol. The molecule has 2 amide bonds. The normalized spacial score (nSPS) is 10.0. The van der Waals surface area contributed by atoms with Crippen LogP contribution in [0.15, 0.2) is 48.5 Å². The van der Waals surface area contributed by atoms with Crippen LogP contribution in [0.3, 0.4) is 0 Å². The number of halogens is 1. The molecule has 0 aliphatic carbocycles. The minimum atomic E-state index is -0.889. The maximum atomic E-state index is 11.8. The first-order valence-corrected chi connectivity index (χ1v) is 7.01. The van der Waals surface area contributed by atoms with Gasteiger partial charge in [-0.25, -0.2) is 4.79 Å². The molecule has 0 unspecified atom stereocenters. The molecule has 22 heavy (non-hydrogen) atoms. The van der Waals surface area contributed by atoms with Crippen LogP contribution in [-0.4, -0.2) is 17.1 Å². The highest BCUT2D eigenvalue weighted by atomic mass is 35.5. The van der Waals surface area contributed by atoms with Crippen LogP contribution in [0.4, 0.5) is 10.5 Å². The van der Waals surface area contributed by atoms with Crippen molar-refractivity contribution in [3.8, 4) is 0 Å². The number of benzene rings is 2. The van der Waals surface area contributed by atoms with E-state index in [1.54, 1.807) is 36.4 Å². The predicted octanol–water partition coefficient (Wildman–Crippen LogP) is 3.29. The summed E-state index contributed by atoms with van der Waals surface area (Å²) >= 11 is 5.87. The highest BCUT2D eigenvalue weighted by Gasteiger charge is 2.04. The van der Waals surface area contributed by atoms with Crippen molar-refractivity contribution in [3.05, 3.63) is 64.7 Å². The van der Waals surface area contributed by atoms with Crippen molar-refractivity contribution in [2.45, 2.75) is 13.0 Å². The average molecular weight is 319 g/mol. The summed E-state index contributed by atoms with van der Waals surface area (Å²) in [5.41, 5.74) is 2.18. The largest absolute Gasteiger partial charge is 0.481 e. The molecule has 0 fully saturated rings. The van der Waals surface area contributed by atoms with Crippen LogP contribution >= 0.6 is 11.6 Å². The summed E-state index contributed by atoms with van der Waals surface area (Å²) in [6, 6.07) is 13.6. The van der Waals surface area contributed by atoms with E-state index in [0.717, 1.165) is 5.56 Å². The van der Waals surface area contributed by atoms with Crippen molar-refractivity contribution in [1.29, 1.82) is 0 Å². The molecule has 0 aliphatic rings. The number of anilines is 1. The van der Waals surface area contributed by atoms with E-state index in [9.17, 15) is 9.59 Å². The van der Waals surface area contributed by atoms with Crippen LogP contribution in [0.2, 0.25) is 5.02 Å². The Hall–Kier alpha value is -2.53. The van der Waals surface area contributed by atoms with E-state index in [1.165, 1.54) is 0 Å². The molecule has 0 spiro atoms. The second-order valence-corrected chi connectivity index (χ2v) is 5.14. The van der Waals surface area contributed by atoms with E-state index in [1.807, 2.05) is 12.1 Å². The molecule has 0 saturated carbocycles. The number of nitrogens with one attached hydrogen (secondary N) is 2. The lowest BCUT2D eigenvalue weighted by Gasteiger charge is -2.08. The van der Waals surface area contributed by atoms with Gasteiger partial charge < -0.3 is 15.7 Å². The number of carboxylic acids is 1. The van der Waals surface area contributed by atoms with Crippen LogP contribution in [0.1, 0.15) is 11.1 Å². The first-order valence-electron chi connectivity index (χ1n) is 6.63. The van der Waals surface area contributed by atoms with Gasteiger partial charge in [0.25, 0.3) is 0 Å². The Labute approximate surface area is 132 Å². The van der Waals surface area contributed by atoms with Crippen molar-refractivity contribution < 1.29 is 14.7 Å². The van der Waals surface area contributed by atoms with Gasteiger partial charge in [-0.3, -0.25) is 4.79 Å². The number of rotatable bonds is 5. The van der Waals surface area contributed by atoms with Gasteiger partial charge in [0, 0.05) is 17.3 Å². The second kappa shape index (κ2) is 7.47. The predicted molar refractivity (Wildman–Crippen MR) is 85.1 cm³/mol. The molecule has 2 rings (SSSR count). The van der Waals surface area contributed by atoms with E-state index in [2.05, 4.69) is 10.6 Å². The number of amides is 2. The van der Waals surface area contributed by atoms with Crippen molar-refractivity contribution in [2.75, 3.05) is 5.32 Å². The smallest absolute Gasteiger partial charge is 0.319 e. The van der Waals surface area contributed by atoms with Crippen LogP contribution in [0.5, 0.6) is 0 Å². The van der Waals surface area contributed by atoms with E-state index in [4.69, 9.17) is 16.7 Å². The quantitative estimate of drug-likeness (QED) is 0.791. The minimum Gasteiger partial charge on any atom is -0.481 e. The van der Waals surface area contributed by atoms with Crippen molar-refractivity contribution in [2.24, 2.45) is 0 Å². The third-order valence-electron chi connectivity index (χ3n) is 2.91. The lowest BCUT2D eigenvalue weighted by molar-refractivity contribution is -0.136. The average Bonchev–Trinajstić information content (AvgIpc) is 2.47. The summed E-state index contributed by atoms with van der Waals surface area (Å²) in [6.07, 6.45) is -0.0404. The summed E-state index contributed by atoms with van der Waals surface area (Å²) in [4.78, 5) is 22.4. The van der Waals surface area contributed by atoms with E-state index >= 15 is 0 Å². The number of urea groups is 1. The Bertz CT molecular complexity index is 671. The molecule has 0 bridgehead atoms. The first kappa shape index (κ1) is 15.9. The van der Waals surface area contributed by atoms with Gasteiger partial charge in [-0.1, -0.05) is 35.9 Å². The fourth-order valence-electron chi connectivity index (χ4n) is 1.89. The highest BCUT2D eigenvalue weighted by molar-refractivity contribution is 6.30. The SMILES string of the molecule is O=C(O)Cc1ccc(NC(=O)NCc2cccc(Cl)c2)cc1. The molecule has 114 valence electrons. The van der Waals surface area contributed by atoms with Crippen molar-refractivity contribution >= 4 is 29.3 Å². The van der Waals surface area contributed by atoms with Gasteiger partial charge in [-0.15, -0.1) is 0 Å². The van der Waals surface area contributed by atoms with E-state index < -0.39 is 5.97 Å². The van der Waals surface area contributed by atoms with Gasteiger partial charge in [-0.05, 0) is 35.4 Å². The fourth-order valence-corrected chi connectivity index (χ4v) is 2.10. The number of carboxylic acid groups (broad SMARTS) is 1. The lowest BCUT2D eigenvalue weighted by atomic mass is 10.1. The number of carbonyl (C=O) groups is 2. The first-order chi connectivity index (χ1) is 10.5. The third-order valence-corrected chi connectivity index (χ3v) is 3.14. The Morgan fingerprint density at radius 1 is 1.05 bits per heavy atom. The lowest BCUT2D eigenvalue weighted by Crippen LogP contribution is -2.28. The van der Waals surface area contributed by atoms with Crippen molar-refractivity contribution in [3.63, 3.8) is 0 Å². The Balaban J connectivity index is 1.85. The number of carbonyl (C=O) groups excluding carboxylic acids is 1. The summed E-state index contributed by atoms with van der Waals surface area (Å²) in [6.45, 7) is 0.365. The van der Waals surface area contributed by atoms with E-state index in [0.29, 0.717) is 22.8 Å². The zero-order valence-corrected chi connectivity index (χ0v) is 12.4. The Kier molecular flexibility index (Phi) is 5.38. The van der Waals surface area contributed by atoms with Gasteiger partial charge in [-0.2, -0.15) is 0 Å². The van der Waals surface area contributed by atoms with Crippen LogP contribution < -0.4 is 10.6 Å². The van der Waals surface area contributed by atoms with Crippen LogP contribution in [0.25, 0.3) is 0 Å². The molecule has 2 aromatic carbocycles. The molecule has 3 N–H and O–H groups in total. The molecular formula is C16H15ClN2O3. The zero-order chi connectivity index (χ0) is 15.9. The fraction of sp³-hybridized carbons (Fsp3) is 0.125. The summed E-state index contributed by atoms with van der Waals surface area (Å²) in [5, 5.41) is 14.7. The van der Waals surface area contributed by atoms with Gasteiger partial charge in [0.05, 0.1) is 6.42 Å². The molecule has 0 saturated heterocycles. The maximum Gasteiger partial charge on any atom is 0.319 e. The number of aliphatic carboxylic acids is 1. The van der Waals surface area contributed by atoms with Gasteiger partial charge in [0.2, 0.25) is 0 Å². The second-order valence-electron chi connectivity index (χ2n) is 4.71. The van der Waals surface area contributed by atoms with Crippen LogP contribution in [-0.2, 0) is 17.8 Å². The summed E-state index contributed by atoms with van der Waals surface area (Å²) in [7, 11) is 0. The molecule has 5 nitrogen and oxygen atoms in total. The van der Waals surface area contributed by atoms with Crippen LogP contribution in [0, 0.1) is 0 Å². The molecule has 0 aromatic heterocycles. The molecule has 2 aromatic rings. The molecule has 0 heterocycles. The Morgan fingerprint density at radius 2 is 1.77 bits per heavy atom. The number of hydrogen-bond acceptors (Lipinski definition) is 2. The van der Waals surface area contributed by atoms with E-state index in [-0.39, 0.29) is 12.5 Å². The standard InChI is InChI=1S/C16H15ClN2O3/c17-13-3-1-2-12(8-13)10-18-16(22)19-14-6-4-11(5-7-14)9-15(20)21/h1-8H,9-10H2,(H,20,21)(H2,18,19,22). The van der Waals surface area contributed by atoms with Gasteiger partial charge in [0.15, 0.2) is 0 Å². The minimum absolute atomic E-state index is 0.0404. The molecule has 6 heteroatoms. The Morgan fingerprint density at radius 3 is 2.41 bits per heavy atom. The monoisotopic (exact) mass is 318 g/mol. The summed E-state index contributed by atoms with van der Waals surface area (Å²) < 4.78 is 0. The highest BCUT2D eigenvalue weighted by Crippen LogP contribution is 2.11. The molecule has 0 radical (unpaired) electrons. The zero-order valence-electron chi connectivity index (χ0n) is 11.7. The molecule has 0 aliphatic heterocycles. The van der Waals surface area contributed by atoms with Crippen molar-refractivity contribution in [1.82, 2.24) is 5.32 Å². The number of hydrogen-bond donors (Lipinski definition) is 3. The summed E-state index contributed by atoms with van der Waals surface area (Å²) in [5.74, 6) is -0.889. The molecule has 0 atom stereocenters. The third kappa shape index (κ3) is 5.10. The van der Waals surface area contributed by atoms with Gasteiger partial charge in [0.1, 0.15) is 0 Å². The topological polar surface area (TPSA) is 78.4 Å². The van der Waals surface area contributed by atoms with Gasteiger partial charge >= 0.3 is 12.0 Å².